The summed E-state index contributed by atoms with van der Waals surface area (Å²) in [5.41, 5.74) is 1.29. The van der Waals surface area contributed by atoms with Gasteiger partial charge in [-0.2, -0.15) is 0 Å². The first-order valence-electron chi connectivity index (χ1n) is 9.09. The average Bonchev–Trinajstić information content (AvgIpc) is 3.45. The van der Waals surface area contributed by atoms with Crippen LogP contribution in [0.1, 0.15) is 41.9 Å². The number of hydrogen-bond acceptors (Lipinski definition) is 7. The van der Waals surface area contributed by atoms with Crippen LogP contribution in [0, 0.1) is 0 Å². The second-order valence-corrected chi connectivity index (χ2v) is 8.28. The number of anilines is 1. The molecule has 0 aliphatic heterocycles. The Morgan fingerprint density at radius 3 is 2.86 bits per heavy atom. The zero-order valence-corrected chi connectivity index (χ0v) is 16.9. The van der Waals surface area contributed by atoms with Crippen LogP contribution in [0.5, 0.6) is 0 Å². The van der Waals surface area contributed by atoms with Gasteiger partial charge in [0.25, 0.3) is 0 Å². The van der Waals surface area contributed by atoms with Crippen molar-refractivity contribution in [3.63, 3.8) is 0 Å². The maximum absolute atomic E-state index is 12.5. The van der Waals surface area contributed by atoms with Crippen molar-refractivity contribution in [3.8, 4) is 0 Å². The van der Waals surface area contributed by atoms with Crippen LogP contribution < -0.4 is 5.32 Å². The van der Waals surface area contributed by atoms with Gasteiger partial charge in [-0.25, -0.2) is 14.8 Å². The summed E-state index contributed by atoms with van der Waals surface area (Å²) in [7, 11) is 0. The lowest BCUT2D eigenvalue weighted by Crippen LogP contribution is -2.16. The number of carbonyl (C=O) groups excluding carboxylic acids is 2. The van der Waals surface area contributed by atoms with Crippen LogP contribution in [0.15, 0.2) is 40.7 Å². The molecular weight excluding hydrogens is 394 g/mol. The van der Waals surface area contributed by atoms with Gasteiger partial charge in [0.05, 0.1) is 23.4 Å². The Kier molecular flexibility index (Phi) is 5.59. The molecule has 0 unspecified atom stereocenters. The molecule has 1 fully saturated rings. The van der Waals surface area contributed by atoms with Gasteiger partial charge in [0.1, 0.15) is 15.9 Å². The molecule has 1 aromatic carbocycles. The highest BCUT2D eigenvalue weighted by Crippen LogP contribution is 2.39. The van der Waals surface area contributed by atoms with Gasteiger partial charge in [-0.15, -0.1) is 11.3 Å². The summed E-state index contributed by atoms with van der Waals surface area (Å²) >= 11 is 2.69. The largest absolute Gasteiger partial charge is 0.462 e. The molecule has 3 aromatic rings. The molecule has 6 nitrogen and oxygen atoms in total. The molecule has 144 valence electrons. The molecule has 8 heteroatoms. The number of esters is 1. The number of benzene rings is 1. The van der Waals surface area contributed by atoms with Crippen LogP contribution >= 0.6 is 23.1 Å². The van der Waals surface area contributed by atoms with Crippen LogP contribution in [-0.4, -0.2) is 34.2 Å². The zero-order chi connectivity index (χ0) is 19.5. The van der Waals surface area contributed by atoms with E-state index in [1.165, 1.54) is 23.1 Å². The Hall–Kier alpha value is -2.45. The van der Waals surface area contributed by atoms with Gasteiger partial charge in [-0.3, -0.25) is 4.79 Å². The van der Waals surface area contributed by atoms with E-state index >= 15 is 0 Å². The number of nitrogens with zero attached hydrogens (tertiary/aromatic N) is 2. The van der Waals surface area contributed by atoms with Crippen LogP contribution in [0.3, 0.4) is 0 Å². The van der Waals surface area contributed by atoms with Crippen LogP contribution in [0.25, 0.3) is 10.9 Å². The Balaban J connectivity index is 1.47. The Morgan fingerprint density at radius 1 is 1.25 bits per heavy atom. The third-order valence-corrected chi connectivity index (χ3v) is 6.10. The van der Waals surface area contributed by atoms with Crippen molar-refractivity contribution in [1.82, 2.24) is 9.97 Å². The molecule has 0 bridgehead atoms. The first-order chi connectivity index (χ1) is 13.7. The van der Waals surface area contributed by atoms with E-state index in [-0.39, 0.29) is 11.7 Å². The standard InChI is InChI=1S/C20H19N3O3S2/c1-2-26-20(25)14-9-10-27-19(14)22-16(24)11-28-18-13-5-3-4-6-15(13)21-17(23-18)12-7-8-12/h3-6,9-10,12H,2,7-8,11H2,1H3,(H,22,24). The molecule has 28 heavy (non-hydrogen) atoms. The number of thiophene rings is 1. The number of hydrogen-bond donors (Lipinski definition) is 1. The summed E-state index contributed by atoms with van der Waals surface area (Å²) in [5.74, 6) is 0.891. The van der Waals surface area contributed by atoms with Crippen molar-refractivity contribution in [2.45, 2.75) is 30.7 Å². The topological polar surface area (TPSA) is 81.2 Å². The van der Waals surface area contributed by atoms with E-state index in [0.29, 0.717) is 23.1 Å². The van der Waals surface area contributed by atoms with Gasteiger partial charge in [-0.05, 0) is 37.3 Å². The number of aromatic nitrogens is 2. The first kappa shape index (κ1) is 18.9. The maximum Gasteiger partial charge on any atom is 0.341 e. The zero-order valence-electron chi connectivity index (χ0n) is 15.3. The number of thioether (sulfide) groups is 1. The second-order valence-electron chi connectivity index (χ2n) is 6.40. The average molecular weight is 414 g/mol. The normalized spacial score (nSPS) is 13.5. The van der Waals surface area contributed by atoms with Crippen molar-refractivity contribution in [1.29, 1.82) is 0 Å². The monoisotopic (exact) mass is 413 g/mol. The van der Waals surface area contributed by atoms with E-state index in [0.717, 1.165) is 34.6 Å². The van der Waals surface area contributed by atoms with Crippen molar-refractivity contribution in [3.05, 3.63) is 47.1 Å². The van der Waals surface area contributed by atoms with E-state index in [9.17, 15) is 9.59 Å². The maximum atomic E-state index is 12.5. The molecule has 1 N–H and O–H groups in total. The third kappa shape index (κ3) is 4.18. The third-order valence-electron chi connectivity index (χ3n) is 4.28. The SMILES string of the molecule is CCOC(=O)c1ccsc1NC(=O)CSc1nc(C2CC2)nc2ccccc12. The minimum atomic E-state index is -0.428. The molecule has 0 spiro atoms. The highest BCUT2D eigenvalue weighted by molar-refractivity contribution is 8.00. The van der Waals surface area contributed by atoms with Crippen LogP contribution in [-0.2, 0) is 9.53 Å². The number of fused-ring (bicyclic) bond motifs is 1. The molecule has 1 aliphatic carbocycles. The van der Waals surface area contributed by atoms with Gasteiger partial charge in [0.15, 0.2) is 0 Å². The molecule has 0 radical (unpaired) electrons. The molecule has 0 atom stereocenters. The fraction of sp³-hybridized carbons (Fsp3) is 0.300. The van der Waals surface area contributed by atoms with Gasteiger partial charge >= 0.3 is 5.97 Å². The highest BCUT2D eigenvalue weighted by Gasteiger charge is 2.27. The van der Waals surface area contributed by atoms with Gasteiger partial charge in [-0.1, -0.05) is 30.0 Å². The number of carbonyl (C=O) groups is 2. The number of para-hydroxylation sites is 1. The molecule has 1 saturated carbocycles. The Labute approximate surface area is 170 Å². The Morgan fingerprint density at radius 2 is 2.07 bits per heavy atom. The number of amides is 1. The summed E-state index contributed by atoms with van der Waals surface area (Å²) in [6.07, 6.45) is 2.25. The molecular formula is C20H19N3O3S2. The van der Waals surface area contributed by atoms with Crippen LogP contribution in [0.2, 0.25) is 0 Å². The lowest BCUT2D eigenvalue weighted by atomic mass is 10.2. The van der Waals surface area contributed by atoms with E-state index in [4.69, 9.17) is 9.72 Å². The van der Waals surface area contributed by atoms with Gasteiger partial charge < -0.3 is 10.1 Å². The lowest BCUT2D eigenvalue weighted by molar-refractivity contribution is -0.113. The number of ether oxygens (including phenoxy) is 1. The summed E-state index contributed by atoms with van der Waals surface area (Å²) in [4.78, 5) is 33.8. The predicted octanol–water partition coefficient (Wildman–Crippen LogP) is 4.48. The van der Waals surface area contributed by atoms with Crippen molar-refractivity contribution < 1.29 is 14.3 Å². The first-order valence-corrected chi connectivity index (χ1v) is 11.0. The quantitative estimate of drug-likeness (QED) is 0.349. The lowest BCUT2D eigenvalue weighted by Gasteiger charge is -2.09. The van der Waals surface area contributed by atoms with Gasteiger partial charge in [0, 0.05) is 11.3 Å². The Bertz CT molecular complexity index is 1030. The smallest absolute Gasteiger partial charge is 0.341 e. The molecule has 4 rings (SSSR count). The number of nitrogens with one attached hydrogen (secondary N) is 1. The molecule has 2 heterocycles. The second kappa shape index (κ2) is 8.28. The molecule has 2 aromatic heterocycles. The predicted molar refractivity (Wildman–Crippen MR) is 111 cm³/mol. The minimum Gasteiger partial charge on any atom is -0.462 e. The van der Waals surface area contributed by atoms with E-state index in [1.807, 2.05) is 24.3 Å². The van der Waals surface area contributed by atoms with Crippen molar-refractivity contribution in [2.24, 2.45) is 0 Å². The summed E-state index contributed by atoms with van der Waals surface area (Å²) in [6, 6.07) is 9.52. The summed E-state index contributed by atoms with van der Waals surface area (Å²) in [6.45, 7) is 2.04. The van der Waals surface area contributed by atoms with Crippen molar-refractivity contribution >= 4 is 50.9 Å². The fourth-order valence-electron chi connectivity index (χ4n) is 2.77. The number of rotatable bonds is 7. The minimum absolute atomic E-state index is 0.186. The van der Waals surface area contributed by atoms with Crippen LogP contribution in [0.4, 0.5) is 5.00 Å². The van der Waals surface area contributed by atoms with E-state index in [2.05, 4.69) is 10.3 Å². The summed E-state index contributed by atoms with van der Waals surface area (Å²) < 4.78 is 5.02. The fourth-order valence-corrected chi connectivity index (χ4v) is 4.39. The van der Waals surface area contributed by atoms with E-state index in [1.54, 1.807) is 18.4 Å². The van der Waals surface area contributed by atoms with Gasteiger partial charge in [0.2, 0.25) is 5.91 Å². The highest BCUT2D eigenvalue weighted by atomic mass is 32.2. The van der Waals surface area contributed by atoms with Crippen molar-refractivity contribution in [2.75, 3.05) is 17.7 Å². The molecule has 1 aliphatic rings. The van der Waals surface area contributed by atoms with E-state index < -0.39 is 5.97 Å². The molecule has 1 amide bonds. The summed E-state index contributed by atoms with van der Waals surface area (Å²) in [5, 5.41) is 6.85. The molecule has 0 saturated heterocycles.